The number of carbonyl (C=O) groups excluding carboxylic acids is 1. The Morgan fingerprint density at radius 3 is 2.48 bits per heavy atom. The molecule has 7 heteroatoms. The summed E-state index contributed by atoms with van der Waals surface area (Å²) in [5.74, 6) is 0.875. The molecule has 2 aromatic rings. The summed E-state index contributed by atoms with van der Waals surface area (Å²) in [6.45, 7) is 0.755. The number of ether oxygens (including phenoxy) is 1. The van der Waals surface area contributed by atoms with Gasteiger partial charge in [0.2, 0.25) is 15.0 Å². The van der Waals surface area contributed by atoms with E-state index < -0.39 is 9.05 Å². The highest BCUT2D eigenvalue weighted by Crippen LogP contribution is 2.29. The van der Waals surface area contributed by atoms with E-state index in [-0.39, 0.29) is 24.0 Å². The van der Waals surface area contributed by atoms with Crippen molar-refractivity contribution in [2.24, 2.45) is 5.92 Å². The number of nitrogens with zero attached hydrogens (tertiary/aromatic N) is 1. The number of para-hydroxylation sites is 2. The van der Waals surface area contributed by atoms with Crippen molar-refractivity contribution < 1.29 is 17.9 Å². The first-order valence-corrected chi connectivity index (χ1v) is 10.4. The molecular weight excluding hydrogens is 362 g/mol. The lowest BCUT2D eigenvalue weighted by atomic mass is 10.1. The summed E-state index contributed by atoms with van der Waals surface area (Å²) in [7, 11) is 1.70. The Balaban J connectivity index is 1.72. The van der Waals surface area contributed by atoms with Crippen molar-refractivity contribution in [1.29, 1.82) is 0 Å². The second-order valence-electron chi connectivity index (χ2n) is 6.07. The fraction of sp³-hybridized carbons (Fsp3) is 0.278. The first kappa shape index (κ1) is 17.8. The lowest BCUT2D eigenvalue weighted by Crippen LogP contribution is -2.25. The summed E-state index contributed by atoms with van der Waals surface area (Å²) in [5.41, 5.74) is 0.870. The Hall–Kier alpha value is -2.05. The van der Waals surface area contributed by atoms with Gasteiger partial charge in [0.25, 0.3) is 0 Å². The van der Waals surface area contributed by atoms with Gasteiger partial charge in [0.15, 0.2) is 0 Å². The molecule has 1 atom stereocenters. The van der Waals surface area contributed by atoms with Crippen molar-refractivity contribution in [3.8, 4) is 11.5 Å². The molecule has 0 aliphatic carbocycles. The van der Waals surface area contributed by atoms with E-state index in [1.165, 1.54) is 0 Å². The monoisotopic (exact) mass is 379 g/mol. The van der Waals surface area contributed by atoms with Crippen LogP contribution in [-0.4, -0.2) is 31.5 Å². The van der Waals surface area contributed by atoms with Crippen LogP contribution in [0, 0.1) is 5.92 Å². The van der Waals surface area contributed by atoms with Gasteiger partial charge in [-0.05, 0) is 18.2 Å². The number of hydrogen-bond donors (Lipinski definition) is 0. The van der Waals surface area contributed by atoms with Gasteiger partial charge in [-0.3, -0.25) is 4.79 Å². The molecule has 1 fully saturated rings. The number of amides is 1. The zero-order chi connectivity index (χ0) is 17.9. The van der Waals surface area contributed by atoms with E-state index in [0.717, 1.165) is 5.56 Å². The minimum absolute atomic E-state index is 0.0696. The maximum absolute atomic E-state index is 12.2. The first-order chi connectivity index (χ1) is 11.9. The lowest BCUT2D eigenvalue weighted by Gasteiger charge is -2.19. The second-order valence-corrected chi connectivity index (χ2v) is 8.89. The minimum Gasteiger partial charge on any atom is -0.457 e. The number of carbonyl (C=O) groups is 1. The highest BCUT2D eigenvalue weighted by Gasteiger charge is 2.32. The summed E-state index contributed by atoms with van der Waals surface area (Å²) in [6.07, 6.45) is 0.202. The van der Waals surface area contributed by atoms with Crippen LogP contribution < -0.4 is 4.74 Å². The predicted molar refractivity (Wildman–Crippen MR) is 96.1 cm³/mol. The van der Waals surface area contributed by atoms with Gasteiger partial charge < -0.3 is 9.64 Å². The molecule has 2 aromatic carbocycles. The molecule has 1 aliphatic heterocycles. The molecule has 0 N–H and O–H groups in total. The molecule has 0 spiro atoms. The number of hydrogen-bond acceptors (Lipinski definition) is 4. The molecule has 25 heavy (non-hydrogen) atoms. The molecule has 0 bridgehead atoms. The van der Waals surface area contributed by atoms with E-state index in [4.69, 9.17) is 15.4 Å². The Morgan fingerprint density at radius 1 is 1.08 bits per heavy atom. The van der Waals surface area contributed by atoms with Crippen molar-refractivity contribution in [1.82, 2.24) is 4.90 Å². The molecule has 1 amide bonds. The predicted octanol–water partition coefficient (Wildman–Crippen LogP) is 3.40. The fourth-order valence-electron chi connectivity index (χ4n) is 2.96. The molecule has 1 saturated heterocycles. The SMILES string of the molecule is O=C1CC(CS(=O)(=O)Cl)CN1Cc1ccccc1Oc1ccccc1. The van der Waals surface area contributed by atoms with Crippen molar-refractivity contribution in [2.75, 3.05) is 12.3 Å². The molecule has 0 aromatic heterocycles. The van der Waals surface area contributed by atoms with Crippen LogP contribution in [-0.2, 0) is 20.4 Å². The molecule has 0 saturated carbocycles. The van der Waals surface area contributed by atoms with Crippen LogP contribution in [0.15, 0.2) is 54.6 Å². The molecule has 3 rings (SSSR count). The highest BCUT2D eigenvalue weighted by molar-refractivity contribution is 8.13. The normalized spacial score (nSPS) is 17.7. The summed E-state index contributed by atoms with van der Waals surface area (Å²) in [5, 5.41) is 0. The van der Waals surface area contributed by atoms with E-state index in [0.29, 0.717) is 24.6 Å². The molecule has 1 heterocycles. The third-order valence-corrected chi connectivity index (χ3v) is 5.28. The summed E-state index contributed by atoms with van der Waals surface area (Å²) in [6, 6.07) is 16.9. The van der Waals surface area contributed by atoms with Crippen molar-refractivity contribution >= 4 is 25.6 Å². The number of benzene rings is 2. The zero-order valence-electron chi connectivity index (χ0n) is 13.5. The van der Waals surface area contributed by atoms with Crippen LogP contribution in [0.25, 0.3) is 0 Å². The third-order valence-electron chi connectivity index (χ3n) is 4.03. The Labute approximate surface area is 151 Å². The van der Waals surface area contributed by atoms with E-state index in [9.17, 15) is 13.2 Å². The molecule has 5 nitrogen and oxygen atoms in total. The molecular formula is C18H18ClNO4S. The fourth-order valence-corrected chi connectivity index (χ4v) is 4.28. The van der Waals surface area contributed by atoms with Gasteiger partial charge in [0.05, 0.1) is 5.75 Å². The van der Waals surface area contributed by atoms with E-state index >= 15 is 0 Å². The molecule has 1 unspecified atom stereocenters. The summed E-state index contributed by atoms with van der Waals surface area (Å²) >= 11 is 0. The Bertz CT molecular complexity index is 854. The number of rotatable bonds is 6. The van der Waals surface area contributed by atoms with Gasteiger partial charge in [-0.2, -0.15) is 0 Å². The van der Waals surface area contributed by atoms with Crippen LogP contribution in [0.3, 0.4) is 0 Å². The van der Waals surface area contributed by atoms with Crippen LogP contribution in [0.1, 0.15) is 12.0 Å². The van der Waals surface area contributed by atoms with Crippen LogP contribution in [0.4, 0.5) is 0 Å². The van der Waals surface area contributed by atoms with Crippen LogP contribution >= 0.6 is 10.7 Å². The van der Waals surface area contributed by atoms with Gasteiger partial charge >= 0.3 is 0 Å². The molecule has 1 aliphatic rings. The van der Waals surface area contributed by atoms with Crippen molar-refractivity contribution in [3.05, 3.63) is 60.2 Å². The van der Waals surface area contributed by atoms with Crippen molar-refractivity contribution in [3.63, 3.8) is 0 Å². The van der Waals surface area contributed by atoms with Crippen molar-refractivity contribution in [2.45, 2.75) is 13.0 Å². The van der Waals surface area contributed by atoms with Crippen LogP contribution in [0.2, 0.25) is 0 Å². The molecule has 132 valence electrons. The summed E-state index contributed by atoms with van der Waals surface area (Å²) < 4.78 is 28.4. The van der Waals surface area contributed by atoms with Crippen LogP contribution in [0.5, 0.6) is 11.5 Å². The van der Waals surface area contributed by atoms with E-state index in [2.05, 4.69) is 0 Å². The lowest BCUT2D eigenvalue weighted by molar-refractivity contribution is -0.128. The summed E-state index contributed by atoms with van der Waals surface area (Å²) in [4.78, 5) is 13.8. The third kappa shape index (κ3) is 4.96. The number of likely N-dealkylation sites (tertiary alicyclic amines) is 1. The van der Waals surface area contributed by atoms with Gasteiger partial charge in [-0.15, -0.1) is 0 Å². The topological polar surface area (TPSA) is 63.7 Å². The first-order valence-electron chi connectivity index (χ1n) is 7.91. The minimum atomic E-state index is -3.61. The van der Waals surface area contributed by atoms with Gasteiger partial charge in [-0.25, -0.2) is 8.42 Å². The Kier molecular flexibility index (Phi) is 5.30. The second kappa shape index (κ2) is 7.45. The largest absolute Gasteiger partial charge is 0.457 e. The maximum Gasteiger partial charge on any atom is 0.232 e. The zero-order valence-corrected chi connectivity index (χ0v) is 15.0. The van der Waals surface area contributed by atoms with Gasteiger partial charge in [0, 0.05) is 41.7 Å². The quantitative estimate of drug-likeness (QED) is 0.721. The highest BCUT2D eigenvalue weighted by atomic mass is 35.7. The molecule has 0 radical (unpaired) electrons. The standard InChI is InChI=1S/C18H18ClNO4S/c19-25(22,23)13-14-10-18(21)20(11-14)12-15-6-4-5-9-17(15)24-16-7-2-1-3-8-16/h1-9,14H,10-13H2. The van der Waals surface area contributed by atoms with Gasteiger partial charge in [0.1, 0.15) is 11.5 Å². The average molecular weight is 380 g/mol. The smallest absolute Gasteiger partial charge is 0.232 e. The number of halogens is 1. The Morgan fingerprint density at radius 2 is 1.76 bits per heavy atom. The van der Waals surface area contributed by atoms with E-state index in [1.54, 1.807) is 4.90 Å². The van der Waals surface area contributed by atoms with E-state index in [1.807, 2.05) is 54.6 Å². The van der Waals surface area contributed by atoms with Gasteiger partial charge in [-0.1, -0.05) is 36.4 Å². The average Bonchev–Trinajstić information content (AvgIpc) is 2.87. The maximum atomic E-state index is 12.2.